The van der Waals surface area contributed by atoms with Crippen LogP contribution in [0.2, 0.25) is 0 Å². The van der Waals surface area contributed by atoms with Gasteiger partial charge in [0.15, 0.2) is 11.5 Å². The number of fused-ring (bicyclic) bond motifs is 1. The second kappa shape index (κ2) is 12.4. The number of nitrogens with zero attached hydrogens (tertiary/aromatic N) is 6. The number of anilines is 3. The molecule has 0 aliphatic heterocycles. The third kappa shape index (κ3) is 7.41. The number of rotatable bonds is 12. The summed E-state index contributed by atoms with van der Waals surface area (Å²) in [5.74, 6) is 1.39. The number of aliphatic imine (C=N–C) groups is 1. The Morgan fingerprint density at radius 3 is 2.68 bits per heavy atom. The van der Waals surface area contributed by atoms with Crippen molar-refractivity contribution in [2.45, 2.75) is 72.0 Å². The Morgan fingerprint density at radius 1 is 1.24 bits per heavy atom. The highest BCUT2D eigenvalue weighted by Crippen LogP contribution is 2.31. The fourth-order valence-corrected chi connectivity index (χ4v) is 4.15. The summed E-state index contributed by atoms with van der Waals surface area (Å²) in [5, 5.41) is 6.75. The average molecular weight is 509 g/mol. The fraction of sp³-hybridized carbons (Fsp3) is 0.571. The van der Waals surface area contributed by atoms with E-state index < -0.39 is 0 Å². The SMILES string of the molecule is CCC(CCN(C)c1nc(Nc2cc(C(C)(C)C)ccc2C)c2c(ncn2C)n1)OC(C)CNC=NC. The highest BCUT2D eigenvalue weighted by molar-refractivity contribution is 5.87. The summed E-state index contributed by atoms with van der Waals surface area (Å²) < 4.78 is 8.20. The number of hydrogen-bond acceptors (Lipinski definition) is 7. The Balaban J connectivity index is 1.80. The van der Waals surface area contributed by atoms with Gasteiger partial charge in [0.2, 0.25) is 5.95 Å². The average Bonchev–Trinajstić information content (AvgIpc) is 3.23. The topological polar surface area (TPSA) is 92.5 Å². The lowest BCUT2D eigenvalue weighted by Gasteiger charge is -2.25. The van der Waals surface area contributed by atoms with Gasteiger partial charge in [-0.05, 0) is 49.3 Å². The molecule has 2 unspecified atom stereocenters. The largest absolute Gasteiger partial charge is 0.374 e. The minimum Gasteiger partial charge on any atom is -0.374 e. The van der Waals surface area contributed by atoms with Crippen molar-refractivity contribution in [1.82, 2.24) is 24.8 Å². The third-order valence-corrected chi connectivity index (χ3v) is 6.55. The standard InChI is InChI=1S/C28H44N8O/c1-10-22(37-20(3)16-30-17-29-7)13-14-35(8)27-33-25-24(36(9)18-31-25)26(34-27)32-23-15-21(28(4,5)6)12-11-19(23)2/h11-12,15,17-18,20,22H,10,13-14,16H2,1-9H3,(H,29,30)(H,32,33,34). The van der Waals surface area contributed by atoms with Crippen molar-refractivity contribution in [3.63, 3.8) is 0 Å². The molecule has 0 saturated heterocycles. The van der Waals surface area contributed by atoms with E-state index in [4.69, 9.17) is 14.7 Å². The first-order valence-corrected chi connectivity index (χ1v) is 13.1. The van der Waals surface area contributed by atoms with Crippen LogP contribution in [0.4, 0.5) is 17.5 Å². The first kappa shape index (κ1) is 28.4. The molecule has 0 aliphatic rings. The maximum absolute atomic E-state index is 6.24. The van der Waals surface area contributed by atoms with Gasteiger partial charge in [-0.2, -0.15) is 9.97 Å². The molecular formula is C28H44N8O. The first-order chi connectivity index (χ1) is 17.5. The number of imidazole rings is 1. The lowest BCUT2D eigenvalue weighted by Crippen LogP contribution is -2.32. The van der Waals surface area contributed by atoms with E-state index in [9.17, 15) is 0 Å². The monoisotopic (exact) mass is 508 g/mol. The second-order valence-electron chi connectivity index (χ2n) is 10.8. The molecule has 0 bridgehead atoms. The predicted octanol–water partition coefficient (Wildman–Crippen LogP) is 4.97. The number of aromatic nitrogens is 4. The Morgan fingerprint density at radius 2 is 2.00 bits per heavy atom. The zero-order chi connectivity index (χ0) is 27.2. The van der Waals surface area contributed by atoms with E-state index in [1.54, 1.807) is 19.7 Å². The van der Waals surface area contributed by atoms with Crippen LogP contribution in [0, 0.1) is 6.92 Å². The Bertz CT molecular complexity index is 1200. The van der Waals surface area contributed by atoms with Crippen molar-refractivity contribution in [2.24, 2.45) is 12.0 Å². The molecule has 37 heavy (non-hydrogen) atoms. The smallest absolute Gasteiger partial charge is 0.229 e. The molecule has 0 fully saturated rings. The van der Waals surface area contributed by atoms with Crippen molar-refractivity contribution in [3.8, 4) is 0 Å². The first-order valence-electron chi connectivity index (χ1n) is 13.1. The predicted molar refractivity (Wildman–Crippen MR) is 154 cm³/mol. The van der Waals surface area contributed by atoms with E-state index >= 15 is 0 Å². The molecule has 9 heteroatoms. The van der Waals surface area contributed by atoms with E-state index in [2.05, 4.69) is 85.3 Å². The van der Waals surface area contributed by atoms with Crippen molar-refractivity contribution in [2.75, 3.05) is 37.4 Å². The molecule has 9 nitrogen and oxygen atoms in total. The van der Waals surface area contributed by atoms with Crippen LogP contribution in [0.25, 0.3) is 11.2 Å². The maximum atomic E-state index is 6.24. The summed E-state index contributed by atoms with van der Waals surface area (Å²) in [5.41, 5.74) is 5.07. The molecule has 3 rings (SSSR count). The summed E-state index contributed by atoms with van der Waals surface area (Å²) in [7, 11) is 5.74. The van der Waals surface area contributed by atoms with Gasteiger partial charge in [0.05, 0.1) is 24.9 Å². The minimum absolute atomic E-state index is 0.0536. The van der Waals surface area contributed by atoms with E-state index in [0.29, 0.717) is 11.6 Å². The summed E-state index contributed by atoms with van der Waals surface area (Å²) in [6.07, 6.45) is 5.54. The summed E-state index contributed by atoms with van der Waals surface area (Å²) in [6, 6.07) is 6.57. The molecule has 2 N–H and O–H groups in total. The van der Waals surface area contributed by atoms with Crippen LogP contribution in [0.5, 0.6) is 0 Å². The molecule has 0 amide bonds. The van der Waals surface area contributed by atoms with Gasteiger partial charge in [-0.25, -0.2) is 4.98 Å². The maximum Gasteiger partial charge on any atom is 0.229 e. The van der Waals surface area contributed by atoms with Crippen LogP contribution < -0.4 is 15.5 Å². The zero-order valence-electron chi connectivity index (χ0n) is 24.0. The van der Waals surface area contributed by atoms with Crippen LogP contribution in [-0.4, -0.2) is 65.3 Å². The van der Waals surface area contributed by atoms with Gasteiger partial charge in [0.25, 0.3) is 0 Å². The summed E-state index contributed by atoms with van der Waals surface area (Å²) in [6.45, 7) is 14.5. The van der Waals surface area contributed by atoms with Crippen molar-refractivity contribution < 1.29 is 4.74 Å². The van der Waals surface area contributed by atoms with Crippen LogP contribution in [-0.2, 0) is 17.2 Å². The van der Waals surface area contributed by atoms with Gasteiger partial charge in [0, 0.05) is 39.9 Å². The van der Waals surface area contributed by atoms with E-state index in [1.165, 1.54) is 5.56 Å². The lowest BCUT2D eigenvalue weighted by atomic mass is 9.86. The second-order valence-corrected chi connectivity index (χ2v) is 10.8. The van der Waals surface area contributed by atoms with Crippen LogP contribution in [0.1, 0.15) is 58.6 Å². The highest BCUT2D eigenvalue weighted by Gasteiger charge is 2.19. The van der Waals surface area contributed by atoms with Gasteiger partial charge in [-0.3, -0.25) is 4.99 Å². The molecule has 0 saturated carbocycles. The van der Waals surface area contributed by atoms with Crippen molar-refractivity contribution in [1.29, 1.82) is 0 Å². The Hall–Kier alpha value is -3.20. The van der Waals surface area contributed by atoms with E-state index in [0.717, 1.165) is 48.5 Å². The molecular weight excluding hydrogens is 464 g/mol. The summed E-state index contributed by atoms with van der Waals surface area (Å²) >= 11 is 0. The lowest BCUT2D eigenvalue weighted by molar-refractivity contribution is -0.00413. The molecule has 2 heterocycles. The molecule has 0 radical (unpaired) electrons. The number of nitrogens with one attached hydrogen (secondary N) is 2. The number of aryl methyl sites for hydroxylation is 2. The van der Waals surface area contributed by atoms with Crippen LogP contribution >= 0.6 is 0 Å². The van der Waals surface area contributed by atoms with Crippen molar-refractivity contribution >= 4 is 35.0 Å². The molecule has 1 aromatic carbocycles. The number of benzene rings is 1. The highest BCUT2D eigenvalue weighted by atomic mass is 16.5. The number of ether oxygens (including phenoxy) is 1. The van der Waals surface area contributed by atoms with Gasteiger partial charge in [-0.15, -0.1) is 0 Å². The normalized spacial score (nSPS) is 13.8. The molecule has 0 aliphatic carbocycles. The Kier molecular flexibility index (Phi) is 9.48. The quantitative estimate of drug-likeness (QED) is 0.264. The van der Waals surface area contributed by atoms with Gasteiger partial charge in [-0.1, -0.05) is 39.8 Å². The zero-order valence-corrected chi connectivity index (χ0v) is 24.0. The third-order valence-electron chi connectivity index (χ3n) is 6.55. The number of hydrogen-bond donors (Lipinski definition) is 2. The summed E-state index contributed by atoms with van der Waals surface area (Å²) in [4.78, 5) is 20.3. The molecule has 2 aromatic heterocycles. The van der Waals surface area contributed by atoms with Crippen LogP contribution in [0.3, 0.4) is 0 Å². The molecule has 2 atom stereocenters. The Labute approximate surface area is 221 Å². The van der Waals surface area contributed by atoms with E-state index in [1.807, 2.05) is 18.7 Å². The molecule has 0 spiro atoms. The van der Waals surface area contributed by atoms with Gasteiger partial charge >= 0.3 is 0 Å². The minimum atomic E-state index is 0.0536. The van der Waals surface area contributed by atoms with E-state index in [-0.39, 0.29) is 17.6 Å². The van der Waals surface area contributed by atoms with Gasteiger partial charge < -0.3 is 24.8 Å². The van der Waals surface area contributed by atoms with Crippen LogP contribution in [0.15, 0.2) is 29.5 Å². The van der Waals surface area contributed by atoms with Crippen molar-refractivity contribution in [3.05, 3.63) is 35.7 Å². The fourth-order valence-electron chi connectivity index (χ4n) is 4.15. The van der Waals surface area contributed by atoms with Gasteiger partial charge in [0.1, 0.15) is 5.52 Å². The molecule has 202 valence electrons. The molecule has 3 aromatic rings.